The molecule has 3 rings (SSSR count). The summed E-state index contributed by atoms with van der Waals surface area (Å²) in [5.74, 6) is 0.219. The van der Waals surface area contributed by atoms with Gasteiger partial charge in [0.25, 0.3) is 5.91 Å². The highest BCUT2D eigenvalue weighted by atomic mass is 35.5. The number of aromatic hydroxyl groups is 1. The van der Waals surface area contributed by atoms with E-state index in [0.717, 1.165) is 26.1 Å². The number of hydrogen-bond donors (Lipinski definition) is 2. The van der Waals surface area contributed by atoms with E-state index in [4.69, 9.17) is 11.6 Å². The third-order valence-electron chi connectivity index (χ3n) is 3.71. The van der Waals surface area contributed by atoms with E-state index in [9.17, 15) is 9.90 Å². The Morgan fingerprint density at radius 3 is 2.94 bits per heavy atom. The molecule has 2 bridgehead atoms. The lowest BCUT2D eigenvalue weighted by atomic mass is 10.00. The third kappa shape index (κ3) is 2.04. The monoisotopic (exact) mass is 267 g/mol. The van der Waals surface area contributed by atoms with Gasteiger partial charge >= 0.3 is 0 Å². The first kappa shape index (κ1) is 11.7. The van der Waals surface area contributed by atoms with Crippen molar-refractivity contribution in [3.8, 4) is 5.75 Å². The summed E-state index contributed by atoms with van der Waals surface area (Å²) in [5, 5.41) is 12.2. The van der Waals surface area contributed by atoms with Crippen molar-refractivity contribution in [1.29, 1.82) is 0 Å². The molecule has 1 aromatic heterocycles. The molecule has 1 aromatic rings. The van der Waals surface area contributed by atoms with Crippen LogP contribution in [0.2, 0.25) is 5.15 Å². The van der Waals surface area contributed by atoms with Gasteiger partial charge in [-0.25, -0.2) is 4.98 Å². The second kappa shape index (κ2) is 4.40. The minimum Gasteiger partial charge on any atom is -0.505 e. The van der Waals surface area contributed by atoms with Crippen LogP contribution in [-0.4, -0.2) is 46.6 Å². The summed E-state index contributed by atoms with van der Waals surface area (Å²) in [6.07, 6.45) is 1.15. The number of fused-ring (bicyclic) bond motifs is 2. The zero-order valence-corrected chi connectivity index (χ0v) is 10.5. The molecule has 96 valence electrons. The third-order valence-corrected chi connectivity index (χ3v) is 3.99. The van der Waals surface area contributed by atoms with E-state index < -0.39 is 0 Å². The SMILES string of the molecule is O=C(NC1CN2CCC1C2)c1ccc(O)c(Cl)n1. The number of carbonyl (C=O) groups is 1. The van der Waals surface area contributed by atoms with Crippen molar-refractivity contribution in [2.24, 2.45) is 5.92 Å². The fraction of sp³-hybridized carbons (Fsp3) is 0.500. The van der Waals surface area contributed by atoms with Gasteiger partial charge in [-0.15, -0.1) is 0 Å². The average molecular weight is 268 g/mol. The Kier molecular flexibility index (Phi) is 2.87. The van der Waals surface area contributed by atoms with Gasteiger partial charge in [-0.2, -0.15) is 0 Å². The van der Waals surface area contributed by atoms with Gasteiger partial charge in [0.1, 0.15) is 5.69 Å². The van der Waals surface area contributed by atoms with Gasteiger partial charge in [-0.3, -0.25) is 4.79 Å². The van der Waals surface area contributed by atoms with Crippen molar-refractivity contribution < 1.29 is 9.90 Å². The van der Waals surface area contributed by atoms with Crippen LogP contribution in [-0.2, 0) is 0 Å². The highest BCUT2D eigenvalue weighted by molar-refractivity contribution is 6.30. The minimum absolute atomic E-state index is 0.0423. The van der Waals surface area contributed by atoms with E-state index in [2.05, 4.69) is 15.2 Å². The van der Waals surface area contributed by atoms with Gasteiger partial charge in [0, 0.05) is 19.1 Å². The normalized spacial score (nSPS) is 29.5. The highest BCUT2D eigenvalue weighted by Gasteiger charge is 2.38. The van der Waals surface area contributed by atoms with Crippen molar-refractivity contribution in [2.45, 2.75) is 12.5 Å². The van der Waals surface area contributed by atoms with Crippen LogP contribution in [0.5, 0.6) is 5.75 Å². The lowest BCUT2D eigenvalue weighted by molar-refractivity contribution is 0.0919. The van der Waals surface area contributed by atoms with E-state index in [1.165, 1.54) is 12.1 Å². The van der Waals surface area contributed by atoms with Crippen LogP contribution < -0.4 is 5.32 Å². The molecule has 0 aromatic carbocycles. The summed E-state index contributed by atoms with van der Waals surface area (Å²) in [6.45, 7) is 3.14. The molecule has 3 heterocycles. The van der Waals surface area contributed by atoms with Gasteiger partial charge in [-0.05, 0) is 31.0 Å². The molecule has 2 saturated heterocycles. The van der Waals surface area contributed by atoms with Crippen LogP contribution in [0.3, 0.4) is 0 Å². The quantitative estimate of drug-likeness (QED) is 0.781. The zero-order valence-electron chi connectivity index (χ0n) is 9.77. The second-order valence-corrected chi connectivity index (χ2v) is 5.25. The summed E-state index contributed by atoms with van der Waals surface area (Å²) < 4.78 is 0. The molecular weight excluding hydrogens is 254 g/mol. The summed E-state index contributed by atoms with van der Waals surface area (Å²) in [7, 11) is 0. The van der Waals surface area contributed by atoms with Crippen molar-refractivity contribution in [1.82, 2.24) is 15.2 Å². The van der Waals surface area contributed by atoms with Crippen LogP contribution >= 0.6 is 11.6 Å². The van der Waals surface area contributed by atoms with Crippen LogP contribution in [0, 0.1) is 5.92 Å². The topological polar surface area (TPSA) is 65.5 Å². The molecule has 18 heavy (non-hydrogen) atoms. The molecule has 3 atom stereocenters. The summed E-state index contributed by atoms with van der Waals surface area (Å²) in [6, 6.07) is 3.07. The maximum Gasteiger partial charge on any atom is 0.270 e. The Balaban J connectivity index is 1.69. The van der Waals surface area contributed by atoms with E-state index in [1.54, 1.807) is 0 Å². The Hall–Kier alpha value is -1.33. The number of pyridine rings is 1. The first-order valence-electron chi connectivity index (χ1n) is 6.02. The highest BCUT2D eigenvalue weighted by Crippen LogP contribution is 2.28. The van der Waals surface area contributed by atoms with Gasteiger partial charge in [0.05, 0.1) is 0 Å². The molecule has 2 aliphatic rings. The number of piperidine rings is 1. The number of hydrogen-bond acceptors (Lipinski definition) is 4. The number of amides is 1. The second-order valence-electron chi connectivity index (χ2n) is 4.89. The first-order chi connectivity index (χ1) is 8.63. The van der Waals surface area contributed by atoms with E-state index >= 15 is 0 Å². The molecule has 0 spiro atoms. The fourth-order valence-corrected chi connectivity index (χ4v) is 2.90. The molecular formula is C12H14ClN3O2. The summed E-state index contributed by atoms with van der Waals surface area (Å²) in [4.78, 5) is 18.2. The largest absolute Gasteiger partial charge is 0.505 e. The molecule has 6 heteroatoms. The van der Waals surface area contributed by atoms with Crippen LogP contribution in [0.15, 0.2) is 12.1 Å². The van der Waals surface area contributed by atoms with Crippen molar-refractivity contribution >= 4 is 17.5 Å². The molecule has 1 amide bonds. The molecule has 2 N–H and O–H groups in total. The molecule has 2 aliphatic heterocycles. The summed E-state index contributed by atoms with van der Waals surface area (Å²) in [5.41, 5.74) is 0.246. The van der Waals surface area contributed by atoms with Gasteiger partial charge in [0.15, 0.2) is 10.9 Å². The van der Waals surface area contributed by atoms with Crippen molar-refractivity contribution in [3.63, 3.8) is 0 Å². The number of rotatable bonds is 2. The zero-order chi connectivity index (χ0) is 12.7. The first-order valence-corrected chi connectivity index (χ1v) is 6.40. The van der Waals surface area contributed by atoms with Gasteiger partial charge < -0.3 is 15.3 Å². The molecule has 0 saturated carbocycles. The van der Waals surface area contributed by atoms with Crippen molar-refractivity contribution in [3.05, 3.63) is 23.0 Å². The Morgan fingerprint density at radius 1 is 1.50 bits per heavy atom. The Morgan fingerprint density at radius 2 is 2.33 bits per heavy atom. The molecule has 5 nitrogen and oxygen atoms in total. The number of carbonyl (C=O) groups excluding carboxylic acids is 1. The lowest BCUT2D eigenvalue weighted by Gasteiger charge is -2.22. The summed E-state index contributed by atoms with van der Waals surface area (Å²) >= 11 is 5.69. The minimum atomic E-state index is -0.226. The van der Waals surface area contributed by atoms with Crippen LogP contribution in [0.25, 0.3) is 0 Å². The fourth-order valence-electron chi connectivity index (χ4n) is 2.74. The number of nitrogens with zero attached hydrogens (tertiary/aromatic N) is 2. The van der Waals surface area contributed by atoms with E-state index in [1.807, 2.05) is 0 Å². The standard InChI is InChI=1S/C12H14ClN3O2/c13-11-10(17)2-1-8(14-11)12(18)15-9-6-16-4-3-7(9)5-16/h1-2,7,9,17H,3-6H2,(H,15,18). The van der Waals surface area contributed by atoms with Crippen molar-refractivity contribution in [2.75, 3.05) is 19.6 Å². The Labute approximate surface area is 110 Å². The van der Waals surface area contributed by atoms with E-state index in [-0.39, 0.29) is 28.5 Å². The maximum absolute atomic E-state index is 12.0. The number of halogens is 1. The number of nitrogens with one attached hydrogen (secondary N) is 1. The molecule has 0 aliphatic carbocycles. The molecule has 2 fully saturated rings. The smallest absolute Gasteiger partial charge is 0.270 e. The Bertz CT molecular complexity index is 494. The molecule has 0 radical (unpaired) electrons. The predicted octanol–water partition coefficient (Wildman–Crippen LogP) is 0.874. The van der Waals surface area contributed by atoms with Crippen LogP contribution in [0.4, 0.5) is 0 Å². The van der Waals surface area contributed by atoms with Gasteiger partial charge in [-0.1, -0.05) is 11.6 Å². The molecule has 3 unspecified atom stereocenters. The maximum atomic E-state index is 12.0. The van der Waals surface area contributed by atoms with Gasteiger partial charge in [0.2, 0.25) is 0 Å². The average Bonchev–Trinajstić information content (AvgIpc) is 2.94. The number of aromatic nitrogens is 1. The van der Waals surface area contributed by atoms with E-state index in [0.29, 0.717) is 5.92 Å². The lowest BCUT2D eigenvalue weighted by Crippen LogP contribution is -2.43. The van der Waals surface area contributed by atoms with Crippen LogP contribution in [0.1, 0.15) is 16.9 Å². The predicted molar refractivity (Wildman–Crippen MR) is 66.7 cm³/mol.